The third-order valence-electron chi connectivity index (χ3n) is 2.96. The summed E-state index contributed by atoms with van der Waals surface area (Å²) in [5.41, 5.74) is 2.57. The highest BCUT2D eigenvalue weighted by Gasteiger charge is 2.22. The van der Waals surface area contributed by atoms with Crippen molar-refractivity contribution in [3.8, 4) is 0 Å². The summed E-state index contributed by atoms with van der Waals surface area (Å²) in [7, 11) is 0. The Bertz CT molecular complexity index is 490. The molecule has 6 heteroatoms. The Morgan fingerprint density at radius 3 is 1.45 bits per heavy atom. The van der Waals surface area contributed by atoms with E-state index in [1.165, 1.54) is 11.1 Å². The lowest BCUT2D eigenvalue weighted by Crippen LogP contribution is -1.90. The minimum atomic E-state index is 0.136. The average Bonchev–Trinajstić information content (AvgIpc) is 3.16. The molecule has 2 aliphatic heterocycles. The van der Waals surface area contributed by atoms with Crippen LogP contribution in [-0.4, -0.2) is 23.4 Å². The van der Waals surface area contributed by atoms with Gasteiger partial charge in [0.25, 0.3) is 0 Å². The molecule has 0 bridgehead atoms. The zero-order chi connectivity index (χ0) is 13.9. The van der Waals surface area contributed by atoms with Crippen molar-refractivity contribution in [1.29, 1.82) is 0 Å². The molecule has 2 unspecified atom stereocenters. The molecule has 20 heavy (non-hydrogen) atoms. The quantitative estimate of drug-likeness (QED) is 0.850. The number of benzene rings is 1. The predicted octanol–water partition coefficient (Wildman–Crippen LogP) is 4.31. The molecule has 0 aliphatic carbocycles. The van der Waals surface area contributed by atoms with Crippen LogP contribution in [0.4, 0.5) is 0 Å². The van der Waals surface area contributed by atoms with E-state index in [1.54, 1.807) is 47.0 Å². The van der Waals surface area contributed by atoms with Gasteiger partial charge in [0.1, 0.15) is 0 Å². The van der Waals surface area contributed by atoms with Gasteiger partial charge in [-0.1, -0.05) is 24.3 Å². The van der Waals surface area contributed by atoms with Crippen LogP contribution in [0.15, 0.2) is 44.9 Å². The van der Waals surface area contributed by atoms with Gasteiger partial charge in [-0.3, -0.25) is 0 Å². The third-order valence-corrected chi connectivity index (χ3v) is 8.45. The first kappa shape index (κ1) is 14.9. The summed E-state index contributed by atoms with van der Waals surface area (Å²) in [5, 5.41) is 22.4. The number of hydrogen-bond donors (Lipinski definition) is 2. The molecule has 1 aromatic carbocycles. The van der Waals surface area contributed by atoms with Gasteiger partial charge in [0.15, 0.2) is 0 Å². The maximum atomic E-state index is 9.13. The average molecular weight is 343 g/mol. The number of rotatable bonds is 4. The molecule has 0 saturated carbocycles. The van der Waals surface area contributed by atoms with Crippen molar-refractivity contribution in [2.24, 2.45) is 0 Å². The predicted molar refractivity (Wildman–Crippen MR) is 92.6 cm³/mol. The molecular formula is C14H14O2S4. The summed E-state index contributed by atoms with van der Waals surface area (Å²) in [5.74, 6) is 0. The van der Waals surface area contributed by atoms with Crippen LogP contribution < -0.4 is 0 Å². The minimum absolute atomic E-state index is 0.136. The lowest BCUT2D eigenvalue weighted by Gasteiger charge is -2.13. The van der Waals surface area contributed by atoms with E-state index >= 15 is 0 Å². The molecule has 2 aliphatic rings. The van der Waals surface area contributed by atoms with E-state index in [-0.39, 0.29) is 13.2 Å². The largest absolute Gasteiger partial charge is 0.391 e. The van der Waals surface area contributed by atoms with Crippen LogP contribution in [0.2, 0.25) is 0 Å². The Morgan fingerprint density at radius 1 is 0.750 bits per heavy atom. The lowest BCUT2D eigenvalue weighted by molar-refractivity contribution is 0.339. The number of aliphatic hydroxyl groups is 2. The molecule has 0 radical (unpaired) electrons. The molecule has 106 valence electrons. The highest BCUT2D eigenvalue weighted by atomic mass is 32.2. The van der Waals surface area contributed by atoms with Crippen molar-refractivity contribution >= 4 is 47.0 Å². The van der Waals surface area contributed by atoms with Gasteiger partial charge in [-0.05, 0) is 21.9 Å². The Kier molecular flexibility index (Phi) is 5.12. The number of thioether (sulfide) groups is 4. The highest BCUT2D eigenvalue weighted by Crippen LogP contribution is 2.52. The van der Waals surface area contributed by atoms with Gasteiger partial charge in [-0.2, -0.15) is 0 Å². The fraction of sp³-hybridized carbons (Fsp3) is 0.286. The van der Waals surface area contributed by atoms with Gasteiger partial charge in [0, 0.05) is 9.81 Å². The van der Waals surface area contributed by atoms with E-state index in [2.05, 4.69) is 24.3 Å². The zero-order valence-corrected chi connectivity index (χ0v) is 13.8. The van der Waals surface area contributed by atoms with Gasteiger partial charge in [-0.15, -0.1) is 47.0 Å². The van der Waals surface area contributed by atoms with Crippen molar-refractivity contribution in [2.45, 2.75) is 9.16 Å². The second-order valence-corrected chi connectivity index (χ2v) is 9.34. The molecule has 3 rings (SSSR count). The van der Waals surface area contributed by atoms with E-state index in [1.807, 2.05) is 10.8 Å². The van der Waals surface area contributed by atoms with E-state index in [9.17, 15) is 0 Å². The minimum Gasteiger partial charge on any atom is -0.391 e. The van der Waals surface area contributed by atoms with Gasteiger partial charge >= 0.3 is 0 Å². The monoisotopic (exact) mass is 342 g/mol. The Hall–Kier alpha value is 0.0200. The van der Waals surface area contributed by atoms with Gasteiger partial charge in [0.2, 0.25) is 0 Å². The van der Waals surface area contributed by atoms with Crippen molar-refractivity contribution < 1.29 is 10.2 Å². The second kappa shape index (κ2) is 6.85. The van der Waals surface area contributed by atoms with Crippen LogP contribution in [-0.2, 0) is 0 Å². The van der Waals surface area contributed by atoms with Gasteiger partial charge in [0.05, 0.1) is 22.4 Å². The molecule has 0 fully saturated rings. The molecule has 2 N–H and O–H groups in total. The van der Waals surface area contributed by atoms with Crippen molar-refractivity contribution in [2.75, 3.05) is 13.2 Å². The number of aliphatic hydroxyl groups excluding tert-OH is 2. The van der Waals surface area contributed by atoms with Gasteiger partial charge in [-0.25, -0.2) is 0 Å². The number of hydrogen-bond acceptors (Lipinski definition) is 6. The maximum Gasteiger partial charge on any atom is 0.0837 e. The first-order valence-electron chi connectivity index (χ1n) is 6.14. The van der Waals surface area contributed by atoms with Crippen molar-refractivity contribution in [3.63, 3.8) is 0 Å². The van der Waals surface area contributed by atoms with E-state index in [0.717, 1.165) is 9.81 Å². The first-order valence-corrected chi connectivity index (χ1v) is 9.78. The summed E-state index contributed by atoms with van der Waals surface area (Å²) in [6.07, 6.45) is 0. The Labute approximate surface area is 135 Å². The second-order valence-electron chi connectivity index (χ2n) is 4.32. The molecule has 2 heterocycles. The molecule has 2 nitrogen and oxygen atoms in total. The lowest BCUT2D eigenvalue weighted by atomic mass is 10.2. The molecular weight excluding hydrogens is 328 g/mol. The summed E-state index contributed by atoms with van der Waals surface area (Å²) in [6, 6.07) is 8.69. The smallest absolute Gasteiger partial charge is 0.0837 e. The summed E-state index contributed by atoms with van der Waals surface area (Å²) in [4.78, 5) is 2.09. The molecule has 0 spiro atoms. The standard InChI is InChI=1S/C14H14O2S4/c15-5-11-7-17-13(19-11)9-1-2-10(4-3-9)14-18-8-12(6-16)20-14/h1-4,7-8,13-16H,5-6H2. The summed E-state index contributed by atoms with van der Waals surface area (Å²) in [6.45, 7) is 0.272. The van der Waals surface area contributed by atoms with E-state index < -0.39 is 0 Å². The van der Waals surface area contributed by atoms with Crippen molar-refractivity contribution in [1.82, 2.24) is 0 Å². The van der Waals surface area contributed by atoms with Crippen LogP contribution in [0, 0.1) is 0 Å². The molecule has 0 aromatic heterocycles. The molecule has 2 atom stereocenters. The maximum absolute atomic E-state index is 9.13. The fourth-order valence-electron chi connectivity index (χ4n) is 1.91. The molecule has 0 saturated heterocycles. The van der Waals surface area contributed by atoms with Crippen molar-refractivity contribution in [3.05, 3.63) is 56.0 Å². The Balaban J connectivity index is 1.64. The van der Waals surface area contributed by atoms with Crippen LogP contribution in [0.1, 0.15) is 20.3 Å². The van der Waals surface area contributed by atoms with Crippen LogP contribution in [0.25, 0.3) is 0 Å². The normalized spacial score (nSPS) is 25.7. The van der Waals surface area contributed by atoms with E-state index in [0.29, 0.717) is 9.16 Å². The zero-order valence-electron chi connectivity index (χ0n) is 10.6. The van der Waals surface area contributed by atoms with Crippen LogP contribution in [0.3, 0.4) is 0 Å². The highest BCUT2D eigenvalue weighted by molar-refractivity contribution is 8.22. The SMILES string of the molecule is OCC1=CSC(c2ccc(C3SC=C(CO)S3)cc2)S1. The Morgan fingerprint density at radius 2 is 1.15 bits per heavy atom. The van der Waals surface area contributed by atoms with Gasteiger partial charge < -0.3 is 10.2 Å². The van der Waals surface area contributed by atoms with E-state index in [4.69, 9.17) is 10.2 Å². The fourth-order valence-corrected chi connectivity index (χ4v) is 6.82. The van der Waals surface area contributed by atoms with Crippen LogP contribution in [0.5, 0.6) is 0 Å². The first-order chi connectivity index (χ1) is 9.80. The summed E-state index contributed by atoms with van der Waals surface area (Å²) < 4.78 is 0.724. The van der Waals surface area contributed by atoms with Crippen LogP contribution >= 0.6 is 47.0 Å². The summed E-state index contributed by atoms with van der Waals surface area (Å²) >= 11 is 6.97. The molecule has 0 amide bonds. The molecule has 1 aromatic rings. The topological polar surface area (TPSA) is 40.5 Å². The third kappa shape index (κ3) is 3.26.